The number of nitrogens with two attached hydrogens (primary N) is 1. The number of benzene rings is 2. The third kappa shape index (κ3) is 4.10. The third-order valence-electron chi connectivity index (χ3n) is 4.25. The van der Waals surface area contributed by atoms with Crippen molar-refractivity contribution in [2.45, 2.75) is 6.55 Å². The number of rotatable bonds is 6. The summed E-state index contributed by atoms with van der Waals surface area (Å²) >= 11 is 0. The molecule has 0 fully saturated rings. The molecule has 0 unspecified atom stereocenters. The van der Waals surface area contributed by atoms with Crippen LogP contribution in [0, 0.1) is 16.7 Å². The molecule has 0 saturated heterocycles. The Morgan fingerprint density at radius 3 is 2.70 bits per heavy atom. The van der Waals surface area contributed by atoms with Gasteiger partial charge in [0.1, 0.15) is 5.75 Å². The SMILES string of the molecule is COc1cc(C#N)ccc1C(=O)Nc1ccc(N)c(C(=N)c2cnn(C(F)F)c2)c1. The van der Waals surface area contributed by atoms with Gasteiger partial charge in [0.05, 0.1) is 36.2 Å². The van der Waals surface area contributed by atoms with Crippen LogP contribution in [0.5, 0.6) is 5.75 Å². The van der Waals surface area contributed by atoms with Gasteiger partial charge >= 0.3 is 6.55 Å². The maximum absolute atomic E-state index is 12.7. The molecule has 0 atom stereocenters. The average Bonchev–Trinajstić information content (AvgIpc) is 3.24. The van der Waals surface area contributed by atoms with Gasteiger partial charge in [-0.05, 0) is 36.4 Å². The molecule has 1 heterocycles. The Bertz CT molecular complexity index is 1170. The van der Waals surface area contributed by atoms with Gasteiger partial charge in [0, 0.05) is 28.7 Å². The number of nitrogens with zero attached hydrogens (tertiary/aromatic N) is 3. The molecule has 0 aliphatic heterocycles. The van der Waals surface area contributed by atoms with Crippen LogP contribution in [0.1, 0.15) is 33.6 Å². The molecular formula is C20H16F2N6O2. The second-order valence-electron chi connectivity index (χ2n) is 6.14. The van der Waals surface area contributed by atoms with Crippen molar-refractivity contribution in [3.63, 3.8) is 0 Å². The van der Waals surface area contributed by atoms with Gasteiger partial charge in [0.25, 0.3) is 5.91 Å². The lowest BCUT2D eigenvalue weighted by molar-refractivity contribution is 0.0566. The third-order valence-corrected chi connectivity index (χ3v) is 4.25. The zero-order chi connectivity index (χ0) is 21.8. The molecule has 152 valence electrons. The molecule has 1 amide bonds. The van der Waals surface area contributed by atoms with Crippen molar-refractivity contribution in [3.8, 4) is 11.8 Å². The molecule has 4 N–H and O–H groups in total. The van der Waals surface area contributed by atoms with E-state index in [2.05, 4.69) is 10.4 Å². The van der Waals surface area contributed by atoms with E-state index in [1.165, 1.54) is 37.4 Å². The topological polar surface area (TPSA) is 130 Å². The summed E-state index contributed by atoms with van der Waals surface area (Å²) < 4.78 is 31.1. The predicted molar refractivity (Wildman–Crippen MR) is 106 cm³/mol. The molecule has 3 aromatic rings. The first kappa shape index (κ1) is 20.5. The summed E-state index contributed by atoms with van der Waals surface area (Å²) in [6, 6.07) is 10.9. The molecule has 1 aromatic heterocycles. The Morgan fingerprint density at radius 2 is 2.07 bits per heavy atom. The lowest BCUT2D eigenvalue weighted by Gasteiger charge is -2.12. The van der Waals surface area contributed by atoms with E-state index in [-0.39, 0.29) is 33.8 Å². The zero-order valence-corrected chi connectivity index (χ0v) is 15.7. The molecule has 0 saturated carbocycles. The number of methoxy groups -OCH3 is 1. The number of alkyl halides is 2. The summed E-state index contributed by atoms with van der Waals surface area (Å²) in [4.78, 5) is 12.7. The quantitative estimate of drug-likeness (QED) is 0.423. The molecule has 30 heavy (non-hydrogen) atoms. The molecule has 0 aliphatic rings. The van der Waals surface area contributed by atoms with Crippen LogP contribution >= 0.6 is 0 Å². The van der Waals surface area contributed by atoms with Gasteiger partial charge in [-0.2, -0.15) is 19.1 Å². The highest BCUT2D eigenvalue weighted by atomic mass is 19.3. The first-order valence-corrected chi connectivity index (χ1v) is 8.54. The highest BCUT2D eigenvalue weighted by Crippen LogP contribution is 2.25. The van der Waals surface area contributed by atoms with E-state index in [4.69, 9.17) is 21.1 Å². The number of amides is 1. The number of carbonyl (C=O) groups excluding carboxylic acids is 1. The average molecular weight is 410 g/mol. The summed E-state index contributed by atoms with van der Waals surface area (Å²) in [7, 11) is 1.38. The van der Waals surface area contributed by atoms with E-state index in [1.807, 2.05) is 6.07 Å². The lowest BCUT2D eigenvalue weighted by atomic mass is 10.0. The number of hydrogen-bond acceptors (Lipinski definition) is 6. The van der Waals surface area contributed by atoms with Crippen molar-refractivity contribution in [1.29, 1.82) is 10.7 Å². The van der Waals surface area contributed by atoms with Crippen molar-refractivity contribution in [2.75, 3.05) is 18.2 Å². The fraction of sp³-hybridized carbons (Fsp3) is 0.100. The molecule has 0 aliphatic carbocycles. The monoisotopic (exact) mass is 410 g/mol. The van der Waals surface area contributed by atoms with Crippen LogP contribution in [0.3, 0.4) is 0 Å². The number of aromatic nitrogens is 2. The molecule has 0 radical (unpaired) electrons. The minimum absolute atomic E-state index is 0.119. The minimum atomic E-state index is -2.82. The van der Waals surface area contributed by atoms with Crippen LogP contribution in [0.2, 0.25) is 0 Å². The number of halogens is 2. The van der Waals surface area contributed by atoms with Gasteiger partial charge in [-0.1, -0.05) is 0 Å². The van der Waals surface area contributed by atoms with Gasteiger partial charge in [-0.3, -0.25) is 10.2 Å². The molecule has 3 rings (SSSR count). The Hall–Kier alpha value is -4.26. The fourth-order valence-corrected chi connectivity index (χ4v) is 2.73. The molecular weight excluding hydrogens is 394 g/mol. The van der Waals surface area contributed by atoms with E-state index >= 15 is 0 Å². The summed E-state index contributed by atoms with van der Waals surface area (Å²) in [6.45, 7) is -2.82. The van der Waals surface area contributed by atoms with Gasteiger partial charge in [0.2, 0.25) is 0 Å². The van der Waals surface area contributed by atoms with E-state index < -0.39 is 12.5 Å². The van der Waals surface area contributed by atoms with Crippen LogP contribution in [0.25, 0.3) is 0 Å². The van der Waals surface area contributed by atoms with Crippen LogP contribution in [-0.4, -0.2) is 28.5 Å². The lowest BCUT2D eigenvalue weighted by Crippen LogP contribution is -2.14. The first-order valence-electron chi connectivity index (χ1n) is 8.54. The smallest absolute Gasteiger partial charge is 0.333 e. The number of nitrogen functional groups attached to an aromatic ring is 1. The maximum Gasteiger partial charge on any atom is 0.333 e. The van der Waals surface area contributed by atoms with Gasteiger partial charge in [-0.25, -0.2) is 4.68 Å². The second-order valence-corrected chi connectivity index (χ2v) is 6.14. The normalized spacial score (nSPS) is 10.5. The Morgan fingerprint density at radius 1 is 1.30 bits per heavy atom. The number of ether oxygens (including phenoxy) is 1. The molecule has 2 aromatic carbocycles. The van der Waals surface area contributed by atoms with E-state index in [0.29, 0.717) is 15.9 Å². The number of nitriles is 1. The minimum Gasteiger partial charge on any atom is -0.496 e. The van der Waals surface area contributed by atoms with E-state index in [1.54, 1.807) is 6.07 Å². The standard InChI is InChI=1S/C20H16F2N6O2/c1-30-17-6-11(8-23)2-4-14(17)19(29)27-13-3-5-16(24)15(7-13)18(25)12-9-26-28(10-12)20(21)22/h2-7,9-10,20,25H,24H2,1H3,(H,27,29). The number of hydrogen-bond donors (Lipinski definition) is 3. The highest BCUT2D eigenvalue weighted by Gasteiger charge is 2.17. The molecule has 0 spiro atoms. The van der Waals surface area contributed by atoms with Crippen molar-refractivity contribution < 1.29 is 18.3 Å². The Labute approximate surface area is 170 Å². The first-order chi connectivity index (χ1) is 14.3. The van der Waals surface area contributed by atoms with Gasteiger partial charge in [-0.15, -0.1) is 0 Å². The van der Waals surface area contributed by atoms with Crippen molar-refractivity contribution in [1.82, 2.24) is 9.78 Å². The summed E-state index contributed by atoms with van der Waals surface area (Å²) in [5.74, 6) is -0.265. The second kappa shape index (κ2) is 8.40. The van der Waals surface area contributed by atoms with Crippen molar-refractivity contribution in [3.05, 3.63) is 71.0 Å². The van der Waals surface area contributed by atoms with Crippen LogP contribution in [0.15, 0.2) is 48.8 Å². The fourth-order valence-electron chi connectivity index (χ4n) is 2.73. The van der Waals surface area contributed by atoms with Gasteiger partial charge < -0.3 is 15.8 Å². The van der Waals surface area contributed by atoms with E-state index in [9.17, 15) is 13.6 Å². The van der Waals surface area contributed by atoms with Crippen LogP contribution in [-0.2, 0) is 0 Å². The van der Waals surface area contributed by atoms with Crippen LogP contribution < -0.4 is 15.8 Å². The molecule has 10 heteroatoms. The highest BCUT2D eigenvalue weighted by molar-refractivity contribution is 6.14. The zero-order valence-electron chi connectivity index (χ0n) is 15.7. The Balaban J connectivity index is 1.87. The molecule has 8 nitrogen and oxygen atoms in total. The van der Waals surface area contributed by atoms with Crippen LogP contribution in [0.4, 0.5) is 20.2 Å². The largest absolute Gasteiger partial charge is 0.496 e. The maximum atomic E-state index is 12.7. The van der Waals surface area contributed by atoms with Crippen molar-refractivity contribution in [2.24, 2.45) is 0 Å². The van der Waals surface area contributed by atoms with Crippen molar-refractivity contribution >= 4 is 23.0 Å². The summed E-state index contributed by atoms with van der Waals surface area (Å²) in [6.07, 6.45) is 2.18. The Kier molecular flexibility index (Phi) is 5.73. The number of carbonyl (C=O) groups is 1. The number of nitrogens with one attached hydrogen (secondary N) is 2. The van der Waals surface area contributed by atoms with E-state index in [0.717, 1.165) is 12.4 Å². The summed E-state index contributed by atoms with van der Waals surface area (Å²) in [5.41, 5.74) is 7.34. The van der Waals surface area contributed by atoms with Gasteiger partial charge in [0.15, 0.2) is 0 Å². The predicted octanol–water partition coefficient (Wildman–Crippen LogP) is 3.41. The summed E-state index contributed by atoms with van der Waals surface area (Å²) in [5, 5.41) is 23.4. The number of anilines is 2. The molecule has 0 bridgehead atoms.